The van der Waals surface area contributed by atoms with E-state index in [-0.39, 0.29) is 6.23 Å². The van der Waals surface area contributed by atoms with Gasteiger partial charge in [-0.25, -0.2) is 5.48 Å². The molecule has 1 heterocycles. The van der Waals surface area contributed by atoms with Gasteiger partial charge in [0.05, 0.1) is 0 Å². The van der Waals surface area contributed by atoms with Crippen LogP contribution in [0.15, 0.2) is 0 Å². The van der Waals surface area contributed by atoms with Crippen LogP contribution in [0.5, 0.6) is 0 Å². The fourth-order valence-corrected chi connectivity index (χ4v) is 0.499. The minimum Gasteiger partial charge on any atom is -0.314 e. The Bertz CT molecular complexity index is 52.9. The smallest absolute Gasteiger partial charge is 0.152 e. The van der Waals surface area contributed by atoms with Gasteiger partial charge >= 0.3 is 0 Å². The van der Waals surface area contributed by atoms with Gasteiger partial charge in [0.25, 0.3) is 0 Å². The summed E-state index contributed by atoms with van der Waals surface area (Å²) in [6, 6.07) is 0. The van der Waals surface area contributed by atoms with Crippen LogP contribution in [0.3, 0.4) is 0 Å². The Morgan fingerprint density at radius 3 is 3.00 bits per heavy atom. The number of hydrogen-bond donors (Lipinski definition) is 3. The Balaban J connectivity index is 2.14. The van der Waals surface area contributed by atoms with E-state index in [1.54, 1.807) is 0 Å². The van der Waals surface area contributed by atoms with Crippen LogP contribution < -0.4 is 11.0 Å². The van der Waals surface area contributed by atoms with Crippen molar-refractivity contribution in [1.82, 2.24) is 11.0 Å². The van der Waals surface area contributed by atoms with Crippen molar-refractivity contribution in [2.75, 3.05) is 6.54 Å². The molecule has 0 aliphatic carbocycles. The van der Waals surface area contributed by atoms with Crippen LogP contribution in [0.25, 0.3) is 0 Å². The third kappa shape index (κ3) is 1.10. The van der Waals surface area contributed by atoms with Crippen LogP contribution >= 0.6 is 0 Å². The number of nitrogens with one attached hydrogen (secondary N) is 2. The molecule has 0 aromatic heterocycles. The normalized spacial score (nSPS) is 31.3. The molecule has 0 aromatic carbocycles. The second-order valence-corrected chi connectivity index (χ2v) is 1.42. The highest BCUT2D eigenvalue weighted by atomic mass is 16.7. The van der Waals surface area contributed by atoms with E-state index in [9.17, 15) is 0 Å². The molecule has 4 heteroatoms. The molecule has 7 heavy (non-hydrogen) atoms. The fraction of sp³-hybridized carbons (Fsp3) is 1.00. The summed E-state index contributed by atoms with van der Waals surface area (Å²) in [7, 11) is 0. The van der Waals surface area contributed by atoms with Crippen molar-refractivity contribution in [1.29, 1.82) is 0 Å². The number of hydrogen-bond acceptors (Lipinski definition) is 4. The van der Waals surface area contributed by atoms with Crippen LogP contribution in [-0.4, -0.2) is 18.0 Å². The molecule has 1 unspecified atom stereocenters. The van der Waals surface area contributed by atoms with Crippen LogP contribution in [-0.2, 0) is 4.84 Å². The molecule has 0 saturated carbocycles. The Morgan fingerprint density at radius 2 is 2.71 bits per heavy atom. The first kappa shape index (κ1) is 4.99. The molecule has 0 bridgehead atoms. The summed E-state index contributed by atoms with van der Waals surface area (Å²) in [5.74, 6) is 0. The highest BCUT2D eigenvalue weighted by molar-refractivity contribution is 4.53. The first-order valence-electron chi connectivity index (χ1n) is 2.21. The van der Waals surface area contributed by atoms with E-state index in [0.29, 0.717) is 0 Å². The third-order valence-corrected chi connectivity index (χ3v) is 0.878. The largest absolute Gasteiger partial charge is 0.314 e. The third-order valence-electron chi connectivity index (χ3n) is 0.878. The van der Waals surface area contributed by atoms with Gasteiger partial charge in [-0.3, -0.25) is 4.84 Å². The Hall–Kier alpha value is -0.160. The summed E-state index contributed by atoms with van der Waals surface area (Å²) in [6.07, 6.45) is 0.608. The maximum atomic E-state index is 8.15. The van der Waals surface area contributed by atoms with Crippen molar-refractivity contribution < 1.29 is 10.0 Å². The summed E-state index contributed by atoms with van der Waals surface area (Å²) in [4.78, 5) is 4.69. The molecular formula is C3H8N2O2. The molecule has 4 nitrogen and oxygen atoms in total. The molecule has 1 saturated heterocycles. The second-order valence-electron chi connectivity index (χ2n) is 1.42. The van der Waals surface area contributed by atoms with Gasteiger partial charge in [0.1, 0.15) is 0 Å². The van der Waals surface area contributed by atoms with Crippen molar-refractivity contribution >= 4 is 0 Å². The summed E-state index contributed by atoms with van der Waals surface area (Å²) < 4.78 is 0. The minimum absolute atomic E-state index is 0.208. The van der Waals surface area contributed by atoms with E-state index in [4.69, 9.17) is 10.0 Å². The van der Waals surface area contributed by atoms with Crippen molar-refractivity contribution in [3.63, 3.8) is 0 Å². The molecule has 1 fully saturated rings. The molecular weight excluding hydrogens is 96.0 g/mol. The summed E-state index contributed by atoms with van der Waals surface area (Å²) in [6.45, 7) is 0.804. The monoisotopic (exact) mass is 104 g/mol. The van der Waals surface area contributed by atoms with E-state index in [1.165, 1.54) is 0 Å². The van der Waals surface area contributed by atoms with E-state index in [2.05, 4.69) is 5.48 Å². The molecule has 42 valence electrons. The lowest BCUT2D eigenvalue weighted by Gasteiger charge is -2.01. The van der Waals surface area contributed by atoms with E-state index >= 15 is 0 Å². The van der Waals surface area contributed by atoms with Crippen LogP contribution in [0.4, 0.5) is 0 Å². The lowest BCUT2D eigenvalue weighted by molar-refractivity contribution is -0.0558. The van der Waals surface area contributed by atoms with Crippen molar-refractivity contribution in [2.45, 2.75) is 12.6 Å². The Labute approximate surface area is 41.4 Å². The van der Waals surface area contributed by atoms with Gasteiger partial charge in [0.2, 0.25) is 0 Å². The Kier molecular flexibility index (Phi) is 1.59. The maximum Gasteiger partial charge on any atom is 0.152 e. The van der Waals surface area contributed by atoms with E-state index in [0.717, 1.165) is 13.0 Å². The van der Waals surface area contributed by atoms with Gasteiger partial charge in [-0.15, -0.1) is 0 Å². The molecule has 1 rings (SSSR count). The van der Waals surface area contributed by atoms with Gasteiger partial charge in [0.15, 0.2) is 6.23 Å². The summed E-state index contributed by atoms with van der Waals surface area (Å²) >= 11 is 0. The van der Waals surface area contributed by atoms with Crippen LogP contribution in [0, 0.1) is 0 Å². The average molecular weight is 104 g/mol. The first-order valence-corrected chi connectivity index (χ1v) is 2.21. The zero-order chi connectivity index (χ0) is 5.11. The van der Waals surface area contributed by atoms with Gasteiger partial charge in [-0.2, -0.15) is 5.48 Å². The number of hydroxylamine groups is 2. The van der Waals surface area contributed by atoms with E-state index in [1.807, 2.05) is 5.48 Å². The minimum atomic E-state index is -0.208. The van der Waals surface area contributed by atoms with Gasteiger partial charge in [0, 0.05) is 13.0 Å². The topological polar surface area (TPSA) is 53.5 Å². The molecule has 0 spiro atoms. The van der Waals surface area contributed by atoms with Gasteiger partial charge in [-0.05, 0) is 0 Å². The number of rotatable bonds is 1. The van der Waals surface area contributed by atoms with Crippen molar-refractivity contribution in [3.05, 3.63) is 0 Å². The van der Waals surface area contributed by atoms with Crippen molar-refractivity contribution in [3.8, 4) is 0 Å². The summed E-state index contributed by atoms with van der Waals surface area (Å²) in [5, 5.41) is 8.15. The molecule has 0 amide bonds. The SMILES string of the molecule is ONC1CCNO1. The lowest BCUT2D eigenvalue weighted by Crippen LogP contribution is -2.25. The standard InChI is InChI=1S/C3H8N2O2/c6-5-3-1-2-4-7-3/h3-6H,1-2H2. The molecule has 0 radical (unpaired) electrons. The average Bonchev–Trinajstić information content (AvgIpc) is 2.14. The molecule has 1 aliphatic rings. The summed E-state index contributed by atoms with van der Waals surface area (Å²) in [5.41, 5.74) is 4.58. The lowest BCUT2D eigenvalue weighted by atomic mass is 10.4. The first-order chi connectivity index (χ1) is 3.43. The highest BCUT2D eigenvalue weighted by Gasteiger charge is 2.12. The zero-order valence-corrected chi connectivity index (χ0v) is 3.85. The van der Waals surface area contributed by atoms with Crippen LogP contribution in [0.1, 0.15) is 6.42 Å². The van der Waals surface area contributed by atoms with E-state index < -0.39 is 0 Å². The van der Waals surface area contributed by atoms with Crippen molar-refractivity contribution in [2.24, 2.45) is 0 Å². The zero-order valence-electron chi connectivity index (χ0n) is 3.85. The van der Waals surface area contributed by atoms with Gasteiger partial charge < -0.3 is 5.21 Å². The fourth-order valence-electron chi connectivity index (χ4n) is 0.499. The predicted octanol–water partition coefficient (Wildman–Crippen LogP) is -0.784. The molecule has 3 N–H and O–H groups in total. The van der Waals surface area contributed by atoms with Gasteiger partial charge in [-0.1, -0.05) is 0 Å². The molecule has 0 aromatic rings. The highest BCUT2D eigenvalue weighted by Crippen LogP contribution is 1.95. The Morgan fingerprint density at radius 1 is 1.86 bits per heavy atom. The second kappa shape index (κ2) is 2.23. The maximum absolute atomic E-state index is 8.15. The molecule has 1 aliphatic heterocycles. The van der Waals surface area contributed by atoms with Crippen LogP contribution in [0.2, 0.25) is 0 Å². The molecule has 1 atom stereocenters. The predicted molar refractivity (Wildman–Crippen MR) is 22.4 cm³/mol. The quantitative estimate of drug-likeness (QED) is 0.382.